The van der Waals surface area contributed by atoms with E-state index in [2.05, 4.69) is 29.7 Å². The number of carbonyl (C=O) groups excluding carboxylic acids is 1. The molecule has 0 bridgehead atoms. The molecule has 3 nitrogen and oxygen atoms in total. The van der Waals surface area contributed by atoms with Crippen LogP contribution in [0.15, 0.2) is 30.3 Å². The quantitative estimate of drug-likeness (QED) is 0.780. The van der Waals surface area contributed by atoms with Crippen LogP contribution in [-0.2, 0) is 6.42 Å². The van der Waals surface area contributed by atoms with Crippen LogP contribution in [0.3, 0.4) is 0 Å². The molecule has 94 valence electrons. The molecular weight excluding hydrogens is 212 g/mol. The van der Waals surface area contributed by atoms with Gasteiger partial charge in [-0.3, -0.25) is 0 Å². The van der Waals surface area contributed by atoms with Gasteiger partial charge in [-0.25, -0.2) is 4.79 Å². The molecule has 0 heterocycles. The first kappa shape index (κ1) is 13.6. The van der Waals surface area contributed by atoms with Crippen molar-refractivity contribution in [1.82, 2.24) is 10.6 Å². The average Bonchev–Trinajstić information content (AvgIpc) is 2.35. The molecule has 1 unspecified atom stereocenters. The van der Waals surface area contributed by atoms with Gasteiger partial charge < -0.3 is 10.6 Å². The Kier molecular flexibility index (Phi) is 6.15. The van der Waals surface area contributed by atoms with Crippen molar-refractivity contribution < 1.29 is 4.79 Å². The Morgan fingerprint density at radius 1 is 1.24 bits per heavy atom. The zero-order valence-corrected chi connectivity index (χ0v) is 10.7. The minimum atomic E-state index is -0.0632. The van der Waals surface area contributed by atoms with Crippen LogP contribution in [0.5, 0.6) is 0 Å². The maximum atomic E-state index is 11.3. The molecule has 1 rings (SSSR count). The SMILES string of the molecule is CCCNC(=O)NCC(C)Cc1ccccc1. The van der Waals surface area contributed by atoms with E-state index in [1.807, 2.05) is 25.1 Å². The highest BCUT2D eigenvalue weighted by Crippen LogP contribution is 2.06. The lowest BCUT2D eigenvalue weighted by Crippen LogP contribution is -2.38. The van der Waals surface area contributed by atoms with Gasteiger partial charge in [0.25, 0.3) is 0 Å². The minimum Gasteiger partial charge on any atom is -0.338 e. The molecule has 0 radical (unpaired) electrons. The van der Waals surface area contributed by atoms with Gasteiger partial charge in [-0.2, -0.15) is 0 Å². The summed E-state index contributed by atoms with van der Waals surface area (Å²) in [6.07, 6.45) is 1.96. The highest BCUT2D eigenvalue weighted by Gasteiger charge is 2.05. The zero-order chi connectivity index (χ0) is 12.5. The fourth-order valence-corrected chi connectivity index (χ4v) is 1.66. The van der Waals surface area contributed by atoms with E-state index >= 15 is 0 Å². The Hall–Kier alpha value is -1.51. The summed E-state index contributed by atoms with van der Waals surface area (Å²) >= 11 is 0. The highest BCUT2D eigenvalue weighted by atomic mass is 16.2. The Balaban J connectivity index is 2.21. The number of amides is 2. The van der Waals surface area contributed by atoms with Gasteiger partial charge in [-0.1, -0.05) is 44.2 Å². The molecule has 0 aliphatic rings. The van der Waals surface area contributed by atoms with Gasteiger partial charge in [-0.15, -0.1) is 0 Å². The van der Waals surface area contributed by atoms with Gasteiger partial charge in [0, 0.05) is 13.1 Å². The monoisotopic (exact) mass is 234 g/mol. The summed E-state index contributed by atoms with van der Waals surface area (Å²) in [5.74, 6) is 0.449. The number of nitrogens with one attached hydrogen (secondary N) is 2. The fraction of sp³-hybridized carbons (Fsp3) is 0.500. The third-order valence-corrected chi connectivity index (χ3v) is 2.57. The van der Waals surface area contributed by atoms with E-state index in [1.54, 1.807) is 0 Å². The predicted molar refractivity (Wildman–Crippen MR) is 71.0 cm³/mol. The summed E-state index contributed by atoms with van der Waals surface area (Å²) in [5.41, 5.74) is 1.32. The molecule has 2 amide bonds. The Labute approximate surface area is 104 Å². The Morgan fingerprint density at radius 2 is 1.94 bits per heavy atom. The van der Waals surface area contributed by atoms with E-state index in [9.17, 15) is 4.79 Å². The van der Waals surface area contributed by atoms with E-state index in [-0.39, 0.29) is 6.03 Å². The lowest BCUT2D eigenvalue weighted by atomic mass is 10.0. The molecule has 0 saturated carbocycles. The van der Waals surface area contributed by atoms with Gasteiger partial charge in [0.2, 0.25) is 0 Å². The largest absolute Gasteiger partial charge is 0.338 e. The number of hydrogen-bond donors (Lipinski definition) is 2. The van der Waals surface area contributed by atoms with E-state index in [4.69, 9.17) is 0 Å². The van der Waals surface area contributed by atoms with Crippen molar-refractivity contribution in [2.24, 2.45) is 5.92 Å². The molecule has 0 aromatic heterocycles. The first-order valence-corrected chi connectivity index (χ1v) is 6.28. The maximum Gasteiger partial charge on any atom is 0.314 e. The van der Waals surface area contributed by atoms with Crippen molar-refractivity contribution in [2.45, 2.75) is 26.7 Å². The molecule has 0 aliphatic carbocycles. The molecule has 0 spiro atoms. The number of rotatable bonds is 6. The summed E-state index contributed by atoms with van der Waals surface area (Å²) in [6, 6.07) is 10.3. The van der Waals surface area contributed by atoms with Crippen LogP contribution in [0.25, 0.3) is 0 Å². The maximum absolute atomic E-state index is 11.3. The molecular formula is C14H22N2O. The zero-order valence-electron chi connectivity index (χ0n) is 10.7. The van der Waals surface area contributed by atoms with Crippen LogP contribution in [0.1, 0.15) is 25.8 Å². The topological polar surface area (TPSA) is 41.1 Å². The highest BCUT2D eigenvalue weighted by molar-refractivity contribution is 5.73. The number of benzene rings is 1. The molecule has 3 heteroatoms. The van der Waals surface area contributed by atoms with Crippen LogP contribution >= 0.6 is 0 Å². The number of hydrogen-bond acceptors (Lipinski definition) is 1. The molecule has 1 atom stereocenters. The summed E-state index contributed by atoms with van der Waals surface area (Å²) in [5, 5.41) is 5.69. The molecule has 1 aromatic carbocycles. The molecule has 2 N–H and O–H groups in total. The second-order valence-corrected chi connectivity index (χ2v) is 4.43. The average molecular weight is 234 g/mol. The lowest BCUT2D eigenvalue weighted by molar-refractivity contribution is 0.239. The summed E-state index contributed by atoms with van der Waals surface area (Å²) in [7, 11) is 0. The van der Waals surface area contributed by atoms with Gasteiger partial charge in [-0.05, 0) is 24.3 Å². The normalized spacial score (nSPS) is 11.9. The van der Waals surface area contributed by atoms with Gasteiger partial charge in [0.05, 0.1) is 0 Å². The van der Waals surface area contributed by atoms with Crippen LogP contribution in [0, 0.1) is 5.92 Å². The smallest absolute Gasteiger partial charge is 0.314 e. The Bertz CT molecular complexity index is 324. The van der Waals surface area contributed by atoms with Crippen molar-refractivity contribution in [3.05, 3.63) is 35.9 Å². The summed E-state index contributed by atoms with van der Waals surface area (Å²) in [6.45, 7) is 5.63. The van der Waals surface area contributed by atoms with Crippen molar-refractivity contribution in [3.63, 3.8) is 0 Å². The van der Waals surface area contributed by atoms with E-state index in [0.29, 0.717) is 12.5 Å². The molecule has 0 aliphatic heterocycles. The fourth-order valence-electron chi connectivity index (χ4n) is 1.66. The molecule has 1 aromatic rings. The Morgan fingerprint density at radius 3 is 2.59 bits per heavy atom. The van der Waals surface area contributed by atoms with Crippen molar-refractivity contribution in [2.75, 3.05) is 13.1 Å². The number of carbonyl (C=O) groups is 1. The van der Waals surface area contributed by atoms with Crippen molar-refractivity contribution in [1.29, 1.82) is 0 Å². The van der Waals surface area contributed by atoms with Crippen LogP contribution < -0.4 is 10.6 Å². The third-order valence-electron chi connectivity index (χ3n) is 2.57. The summed E-state index contributed by atoms with van der Waals surface area (Å²) in [4.78, 5) is 11.3. The lowest BCUT2D eigenvalue weighted by Gasteiger charge is -2.13. The van der Waals surface area contributed by atoms with Crippen LogP contribution in [0.2, 0.25) is 0 Å². The van der Waals surface area contributed by atoms with Gasteiger partial charge in [0.15, 0.2) is 0 Å². The molecule has 0 saturated heterocycles. The van der Waals surface area contributed by atoms with Crippen molar-refractivity contribution >= 4 is 6.03 Å². The standard InChI is InChI=1S/C14H22N2O/c1-3-9-15-14(17)16-11-12(2)10-13-7-5-4-6-8-13/h4-8,12H,3,9-11H2,1-2H3,(H2,15,16,17). The number of urea groups is 1. The van der Waals surface area contributed by atoms with E-state index in [1.165, 1.54) is 5.56 Å². The molecule has 0 fully saturated rings. The third kappa shape index (κ3) is 5.95. The molecule has 17 heavy (non-hydrogen) atoms. The van der Waals surface area contributed by atoms with Crippen molar-refractivity contribution in [3.8, 4) is 0 Å². The van der Waals surface area contributed by atoms with Crippen LogP contribution in [0.4, 0.5) is 4.79 Å². The first-order chi connectivity index (χ1) is 8.22. The first-order valence-electron chi connectivity index (χ1n) is 6.28. The van der Waals surface area contributed by atoms with Crippen LogP contribution in [-0.4, -0.2) is 19.1 Å². The second kappa shape index (κ2) is 7.71. The van der Waals surface area contributed by atoms with Gasteiger partial charge in [0.1, 0.15) is 0 Å². The second-order valence-electron chi connectivity index (χ2n) is 4.43. The predicted octanol–water partition coefficient (Wildman–Crippen LogP) is 2.57. The van der Waals surface area contributed by atoms with E-state index < -0.39 is 0 Å². The minimum absolute atomic E-state index is 0.0632. The van der Waals surface area contributed by atoms with E-state index in [0.717, 1.165) is 19.4 Å². The summed E-state index contributed by atoms with van der Waals surface area (Å²) < 4.78 is 0. The van der Waals surface area contributed by atoms with Gasteiger partial charge >= 0.3 is 6.03 Å².